The Kier molecular flexibility index (Phi) is 2.18. The molecule has 0 aliphatic heterocycles. The summed E-state index contributed by atoms with van der Waals surface area (Å²) in [6.45, 7) is 6.10. The Morgan fingerprint density at radius 2 is 2.27 bits per heavy atom. The van der Waals surface area contributed by atoms with E-state index < -0.39 is 0 Å². The second kappa shape index (κ2) is 3.26. The Labute approximate surface area is 89.3 Å². The molecule has 1 fully saturated rings. The Hall–Kier alpha value is -1.51. The molecule has 0 unspecified atom stereocenters. The summed E-state index contributed by atoms with van der Waals surface area (Å²) in [5.41, 5.74) is 1.98. The van der Waals surface area contributed by atoms with Crippen LogP contribution < -0.4 is 0 Å². The second-order valence-corrected chi connectivity index (χ2v) is 4.40. The third-order valence-corrected chi connectivity index (χ3v) is 3.00. The van der Waals surface area contributed by atoms with Crippen molar-refractivity contribution in [2.75, 3.05) is 7.11 Å². The van der Waals surface area contributed by atoms with E-state index in [-0.39, 0.29) is 11.5 Å². The zero-order valence-electron chi connectivity index (χ0n) is 9.12. The van der Waals surface area contributed by atoms with Gasteiger partial charge in [-0.25, -0.2) is 4.79 Å². The number of carbonyl (C=O) groups excluding carboxylic acids is 1. The monoisotopic (exact) mass is 205 g/mol. The second-order valence-electron chi connectivity index (χ2n) is 4.40. The molecule has 0 bridgehead atoms. The summed E-state index contributed by atoms with van der Waals surface area (Å²) in [5, 5.41) is 0. The van der Waals surface area contributed by atoms with Gasteiger partial charge in [0, 0.05) is 17.9 Å². The highest BCUT2D eigenvalue weighted by Gasteiger charge is 2.36. The van der Waals surface area contributed by atoms with Gasteiger partial charge in [0.15, 0.2) is 0 Å². The minimum Gasteiger partial charge on any atom is -0.465 e. The van der Waals surface area contributed by atoms with E-state index in [4.69, 9.17) is 0 Å². The third kappa shape index (κ3) is 1.58. The number of aromatic nitrogens is 1. The van der Waals surface area contributed by atoms with Crippen molar-refractivity contribution in [3.05, 3.63) is 36.2 Å². The molecule has 0 N–H and O–H groups in total. The molecule has 80 valence electrons. The molecule has 15 heavy (non-hydrogen) atoms. The molecule has 1 saturated carbocycles. The fraction of sp³-hybridized carbons (Fsp3) is 0.417. The molecule has 0 atom stereocenters. The number of ether oxygens (including phenoxy) is 1. The maximum atomic E-state index is 11.3. The van der Waals surface area contributed by atoms with E-state index in [1.54, 1.807) is 6.07 Å². The molecular weight excluding hydrogens is 190 g/mol. The Bertz CT molecular complexity index is 409. The predicted molar refractivity (Wildman–Crippen MR) is 57.8 cm³/mol. The van der Waals surface area contributed by atoms with Crippen molar-refractivity contribution in [1.82, 2.24) is 4.57 Å². The lowest BCUT2D eigenvalue weighted by molar-refractivity contribution is 0.0600. The van der Waals surface area contributed by atoms with Gasteiger partial charge >= 0.3 is 5.97 Å². The molecule has 0 radical (unpaired) electrons. The topological polar surface area (TPSA) is 31.2 Å². The van der Waals surface area contributed by atoms with Crippen molar-refractivity contribution < 1.29 is 9.53 Å². The number of carbonyl (C=O) groups is 1. The van der Waals surface area contributed by atoms with Crippen LogP contribution in [-0.2, 0) is 10.3 Å². The Morgan fingerprint density at radius 1 is 1.60 bits per heavy atom. The number of methoxy groups -OCH3 is 1. The highest BCUT2D eigenvalue weighted by molar-refractivity contribution is 5.89. The first-order valence-electron chi connectivity index (χ1n) is 4.98. The predicted octanol–water partition coefficient (Wildman–Crippen LogP) is 2.34. The van der Waals surface area contributed by atoms with E-state index in [9.17, 15) is 4.79 Å². The molecule has 0 saturated heterocycles. The fourth-order valence-corrected chi connectivity index (χ4v) is 2.18. The Balaban J connectivity index is 2.21. The van der Waals surface area contributed by atoms with Gasteiger partial charge in [-0.2, -0.15) is 0 Å². The minimum atomic E-state index is -0.282. The number of allylic oxidation sites excluding steroid dienone is 1. The van der Waals surface area contributed by atoms with Crippen LogP contribution in [-0.4, -0.2) is 17.6 Å². The molecule has 1 aliphatic rings. The van der Waals surface area contributed by atoms with Gasteiger partial charge in [-0.3, -0.25) is 0 Å². The van der Waals surface area contributed by atoms with Crippen LogP contribution in [0.5, 0.6) is 0 Å². The van der Waals surface area contributed by atoms with Gasteiger partial charge in [-0.1, -0.05) is 12.2 Å². The molecule has 1 heterocycles. The molecule has 3 heteroatoms. The average Bonchev–Trinajstić information content (AvgIpc) is 2.63. The zero-order valence-corrected chi connectivity index (χ0v) is 9.12. The van der Waals surface area contributed by atoms with Crippen LogP contribution in [0.25, 0.3) is 0 Å². The number of hydrogen-bond donors (Lipinski definition) is 0. The summed E-state index contributed by atoms with van der Waals surface area (Å²) in [4.78, 5) is 11.3. The normalized spacial score (nSPS) is 18.4. The van der Waals surface area contributed by atoms with Crippen LogP contribution in [0.3, 0.4) is 0 Å². The van der Waals surface area contributed by atoms with E-state index >= 15 is 0 Å². The first kappa shape index (κ1) is 10.0. The maximum Gasteiger partial charge on any atom is 0.339 e. The van der Waals surface area contributed by atoms with Gasteiger partial charge in [0.25, 0.3) is 0 Å². The van der Waals surface area contributed by atoms with Crippen molar-refractivity contribution in [3.8, 4) is 0 Å². The van der Waals surface area contributed by atoms with Crippen molar-refractivity contribution in [2.45, 2.75) is 25.3 Å². The largest absolute Gasteiger partial charge is 0.465 e. The SMILES string of the molecule is C=C1CC(C)(n2ccc(C(=O)OC)c2)C1. The lowest BCUT2D eigenvalue weighted by atomic mass is 9.74. The van der Waals surface area contributed by atoms with Crippen molar-refractivity contribution >= 4 is 5.97 Å². The van der Waals surface area contributed by atoms with E-state index in [0.29, 0.717) is 5.56 Å². The number of hydrogen-bond acceptors (Lipinski definition) is 2. The number of rotatable bonds is 2. The zero-order chi connectivity index (χ0) is 11.1. The average molecular weight is 205 g/mol. The van der Waals surface area contributed by atoms with Gasteiger partial charge < -0.3 is 9.30 Å². The molecular formula is C12H15NO2. The summed E-state index contributed by atoms with van der Waals surface area (Å²) >= 11 is 0. The van der Waals surface area contributed by atoms with Crippen LogP contribution in [0.15, 0.2) is 30.6 Å². The molecule has 0 aromatic carbocycles. The summed E-state index contributed by atoms with van der Waals surface area (Å²) in [5.74, 6) is -0.282. The van der Waals surface area contributed by atoms with E-state index in [1.165, 1.54) is 12.7 Å². The van der Waals surface area contributed by atoms with Gasteiger partial charge in [-0.05, 0) is 25.8 Å². The van der Waals surface area contributed by atoms with E-state index in [0.717, 1.165) is 12.8 Å². The first-order chi connectivity index (χ1) is 7.05. The molecule has 2 rings (SSSR count). The summed E-state index contributed by atoms with van der Waals surface area (Å²) < 4.78 is 6.74. The highest BCUT2D eigenvalue weighted by Crippen LogP contribution is 2.42. The van der Waals surface area contributed by atoms with Gasteiger partial charge in [-0.15, -0.1) is 0 Å². The van der Waals surface area contributed by atoms with Gasteiger partial charge in [0.1, 0.15) is 0 Å². The molecule has 3 nitrogen and oxygen atoms in total. The van der Waals surface area contributed by atoms with Crippen LogP contribution in [0.4, 0.5) is 0 Å². The standard InChI is InChI=1S/C12H15NO2/c1-9-6-12(2,7-9)13-5-4-10(8-13)11(14)15-3/h4-5,8H,1,6-7H2,2-3H3. The van der Waals surface area contributed by atoms with Gasteiger partial charge in [0.2, 0.25) is 0 Å². The third-order valence-electron chi connectivity index (χ3n) is 3.00. The van der Waals surface area contributed by atoms with Crippen LogP contribution in [0.1, 0.15) is 30.1 Å². The Morgan fingerprint density at radius 3 is 2.80 bits per heavy atom. The van der Waals surface area contributed by atoms with Crippen molar-refractivity contribution in [3.63, 3.8) is 0 Å². The van der Waals surface area contributed by atoms with Crippen molar-refractivity contribution in [2.24, 2.45) is 0 Å². The van der Waals surface area contributed by atoms with E-state index in [1.807, 2.05) is 12.4 Å². The molecule has 1 aromatic heterocycles. The lowest BCUT2D eigenvalue weighted by Crippen LogP contribution is -2.37. The molecule has 1 aromatic rings. The molecule has 1 aliphatic carbocycles. The summed E-state index contributed by atoms with van der Waals surface area (Å²) in [6, 6.07) is 1.79. The minimum absolute atomic E-state index is 0.101. The van der Waals surface area contributed by atoms with E-state index in [2.05, 4.69) is 22.8 Å². The van der Waals surface area contributed by atoms with Crippen LogP contribution in [0.2, 0.25) is 0 Å². The molecule has 0 spiro atoms. The smallest absolute Gasteiger partial charge is 0.339 e. The maximum absolute atomic E-state index is 11.3. The summed E-state index contributed by atoms with van der Waals surface area (Å²) in [7, 11) is 1.40. The van der Waals surface area contributed by atoms with Gasteiger partial charge in [0.05, 0.1) is 12.7 Å². The number of esters is 1. The fourth-order valence-electron chi connectivity index (χ4n) is 2.18. The van der Waals surface area contributed by atoms with Crippen molar-refractivity contribution in [1.29, 1.82) is 0 Å². The quantitative estimate of drug-likeness (QED) is 0.548. The van der Waals surface area contributed by atoms with Crippen LogP contribution >= 0.6 is 0 Å². The highest BCUT2D eigenvalue weighted by atomic mass is 16.5. The first-order valence-corrected chi connectivity index (χ1v) is 4.98. The lowest BCUT2D eigenvalue weighted by Gasteiger charge is -2.42. The van der Waals surface area contributed by atoms with Crippen LogP contribution in [0, 0.1) is 0 Å². The number of nitrogens with zero attached hydrogens (tertiary/aromatic N) is 1. The summed E-state index contributed by atoms with van der Waals surface area (Å²) in [6.07, 6.45) is 5.75. The molecule has 0 amide bonds.